The zero-order valence-corrected chi connectivity index (χ0v) is 11.3. The Morgan fingerprint density at radius 1 is 1.33 bits per heavy atom. The maximum atomic E-state index is 11.2. The summed E-state index contributed by atoms with van der Waals surface area (Å²) >= 11 is 1.67. The first kappa shape index (κ1) is 13.2. The molecule has 1 fully saturated rings. The van der Waals surface area contributed by atoms with Crippen LogP contribution in [0, 0.1) is 10.1 Å². The SMILES string of the molecule is CNc1cccc(SC2CCCCC2)c1[N+](=O)[O-]. The molecule has 0 radical (unpaired) electrons. The molecule has 0 unspecified atom stereocenters. The maximum absolute atomic E-state index is 11.2. The van der Waals surface area contributed by atoms with Crippen LogP contribution in [0.3, 0.4) is 0 Å². The Morgan fingerprint density at radius 3 is 2.67 bits per heavy atom. The maximum Gasteiger partial charge on any atom is 0.305 e. The van der Waals surface area contributed by atoms with Gasteiger partial charge in [0.2, 0.25) is 0 Å². The molecule has 0 aromatic heterocycles. The van der Waals surface area contributed by atoms with Gasteiger partial charge in [0.1, 0.15) is 5.69 Å². The number of hydrogen-bond acceptors (Lipinski definition) is 4. The number of nitrogens with zero attached hydrogens (tertiary/aromatic N) is 1. The standard InChI is InChI=1S/C13H18N2O2S/c1-14-11-8-5-9-12(13(11)15(16)17)18-10-6-3-2-4-7-10/h5,8-10,14H,2-4,6-7H2,1H3. The molecule has 0 bridgehead atoms. The van der Waals surface area contributed by atoms with Gasteiger partial charge in [-0.2, -0.15) is 0 Å². The van der Waals surface area contributed by atoms with Gasteiger partial charge in [0.25, 0.3) is 0 Å². The summed E-state index contributed by atoms with van der Waals surface area (Å²) in [5.74, 6) is 0. The van der Waals surface area contributed by atoms with E-state index in [1.54, 1.807) is 24.9 Å². The Labute approximate surface area is 111 Å². The highest BCUT2D eigenvalue weighted by Crippen LogP contribution is 2.41. The van der Waals surface area contributed by atoms with Crippen LogP contribution in [0.2, 0.25) is 0 Å². The van der Waals surface area contributed by atoms with Crippen molar-refractivity contribution in [3.63, 3.8) is 0 Å². The number of benzene rings is 1. The predicted octanol–water partition coefficient (Wildman–Crippen LogP) is 4.06. The number of rotatable bonds is 4. The third kappa shape index (κ3) is 2.96. The monoisotopic (exact) mass is 266 g/mol. The summed E-state index contributed by atoms with van der Waals surface area (Å²) in [6.45, 7) is 0. The van der Waals surface area contributed by atoms with E-state index in [4.69, 9.17) is 0 Å². The molecule has 5 heteroatoms. The van der Waals surface area contributed by atoms with Crippen molar-refractivity contribution in [2.45, 2.75) is 42.2 Å². The molecule has 0 saturated heterocycles. The van der Waals surface area contributed by atoms with Crippen LogP contribution in [0.15, 0.2) is 23.1 Å². The van der Waals surface area contributed by atoms with Crippen LogP contribution in [-0.2, 0) is 0 Å². The number of anilines is 1. The van der Waals surface area contributed by atoms with E-state index in [0.717, 1.165) is 4.90 Å². The van der Waals surface area contributed by atoms with Crippen molar-refractivity contribution < 1.29 is 4.92 Å². The molecule has 1 N–H and O–H groups in total. The van der Waals surface area contributed by atoms with Gasteiger partial charge in [-0.15, -0.1) is 11.8 Å². The molecule has 18 heavy (non-hydrogen) atoms. The molecule has 0 spiro atoms. The highest BCUT2D eigenvalue weighted by atomic mass is 32.2. The Kier molecular flexibility index (Phi) is 4.47. The third-order valence-corrected chi connectivity index (χ3v) is 4.68. The van der Waals surface area contributed by atoms with Crippen molar-refractivity contribution >= 4 is 23.1 Å². The van der Waals surface area contributed by atoms with Gasteiger partial charge in [-0.25, -0.2) is 0 Å². The van der Waals surface area contributed by atoms with Crippen molar-refractivity contribution in [1.82, 2.24) is 0 Å². The normalized spacial score (nSPS) is 16.5. The summed E-state index contributed by atoms with van der Waals surface area (Å²) < 4.78 is 0. The molecule has 0 heterocycles. The Balaban J connectivity index is 2.23. The van der Waals surface area contributed by atoms with E-state index < -0.39 is 0 Å². The van der Waals surface area contributed by atoms with Crippen LogP contribution in [0.5, 0.6) is 0 Å². The smallest absolute Gasteiger partial charge is 0.305 e. The molecule has 1 aromatic rings. The van der Waals surface area contributed by atoms with Crippen LogP contribution in [0.4, 0.5) is 11.4 Å². The first-order valence-electron chi connectivity index (χ1n) is 6.34. The number of nitrogens with one attached hydrogen (secondary N) is 1. The van der Waals surface area contributed by atoms with Gasteiger partial charge in [0.05, 0.1) is 9.82 Å². The van der Waals surface area contributed by atoms with E-state index >= 15 is 0 Å². The zero-order chi connectivity index (χ0) is 13.0. The molecular weight excluding hydrogens is 248 g/mol. The highest BCUT2D eigenvalue weighted by Gasteiger charge is 2.23. The van der Waals surface area contributed by atoms with Crippen LogP contribution in [-0.4, -0.2) is 17.2 Å². The van der Waals surface area contributed by atoms with Crippen molar-refractivity contribution in [1.29, 1.82) is 0 Å². The second-order valence-corrected chi connectivity index (χ2v) is 5.88. The molecular formula is C13H18N2O2S. The number of nitro benzene ring substituents is 1. The fraction of sp³-hybridized carbons (Fsp3) is 0.538. The van der Waals surface area contributed by atoms with Gasteiger partial charge in [-0.1, -0.05) is 25.3 Å². The lowest BCUT2D eigenvalue weighted by Gasteiger charge is -2.21. The molecule has 0 atom stereocenters. The predicted molar refractivity (Wildman–Crippen MR) is 75.4 cm³/mol. The summed E-state index contributed by atoms with van der Waals surface area (Å²) in [5.41, 5.74) is 0.816. The third-order valence-electron chi connectivity index (χ3n) is 3.30. The summed E-state index contributed by atoms with van der Waals surface area (Å²) in [7, 11) is 1.72. The lowest BCUT2D eigenvalue weighted by Crippen LogP contribution is -2.08. The fourth-order valence-corrected chi connectivity index (χ4v) is 3.75. The van der Waals surface area contributed by atoms with E-state index in [2.05, 4.69) is 5.32 Å². The topological polar surface area (TPSA) is 55.2 Å². The highest BCUT2D eigenvalue weighted by molar-refractivity contribution is 8.00. The fourth-order valence-electron chi connectivity index (χ4n) is 2.37. The first-order chi connectivity index (χ1) is 8.72. The molecule has 2 rings (SSSR count). The second kappa shape index (κ2) is 6.09. The number of hydrogen-bond donors (Lipinski definition) is 1. The van der Waals surface area contributed by atoms with Crippen LogP contribution in [0.25, 0.3) is 0 Å². The van der Waals surface area contributed by atoms with Crippen LogP contribution in [0.1, 0.15) is 32.1 Å². The lowest BCUT2D eigenvalue weighted by atomic mass is 10.0. The van der Waals surface area contributed by atoms with Gasteiger partial charge < -0.3 is 5.32 Å². The average Bonchev–Trinajstić information content (AvgIpc) is 2.39. The largest absolute Gasteiger partial charge is 0.383 e. The molecule has 1 aromatic carbocycles. The molecule has 1 aliphatic rings. The van der Waals surface area contributed by atoms with Gasteiger partial charge in [-0.05, 0) is 25.0 Å². The number of para-hydroxylation sites is 1. The molecule has 1 aliphatic carbocycles. The first-order valence-corrected chi connectivity index (χ1v) is 7.22. The summed E-state index contributed by atoms with van der Waals surface area (Å²) in [6, 6.07) is 5.49. The minimum absolute atomic E-state index is 0.218. The minimum Gasteiger partial charge on any atom is -0.383 e. The molecule has 0 aliphatic heterocycles. The Bertz CT molecular complexity index is 431. The molecule has 98 valence electrons. The van der Waals surface area contributed by atoms with Gasteiger partial charge in [0.15, 0.2) is 0 Å². The van der Waals surface area contributed by atoms with Crippen molar-refractivity contribution in [3.8, 4) is 0 Å². The van der Waals surface area contributed by atoms with E-state index in [0.29, 0.717) is 10.9 Å². The van der Waals surface area contributed by atoms with Gasteiger partial charge in [0, 0.05) is 12.3 Å². The average molecular weight is 266 g/mol. The van der Waals surface area contributed by atoms with Gasteiger partial charge in [-0.3, -0.25) is 10.1 Å². The Hall–Kier alpha value is -1.23. The number of nitro groups is 1. The quantitative estimate of drug-likeness (QED) is 0.659. The van der Waals surface area contributed by atoms with Crippen molar-refractivity contribution in [2.24, 2.45) is 0 Å². The zero-order valence-electron chi connectivity index (χ0n) is 10.5. The summed E-state index contributed by atoms with van der Waals surface area (Å²) in [4.78, 5) is 11.7. The van der Waals surface area contributed by atoms with E-state index in [1.165, 1.54) is 32.1 Å². The van der Waals surface area contributed by atoms with E-state index in [9.17, 15) is 10.1 Å². The van der Waals surface area contributed by atoms with Crippen LogP contribution >= 0.6 is 11.8 Å². The molecule has 1 saturated carbocycles. The van der Waals surface area contributed by atoms with Crippen molar-refractivity contribution in [2.75, 3.05) is 12.4 Å². The molecule has 0 amide bonds. The van der Waals surface area contributed by atoms with Crippen LogP contribution < -0.4 is 5.32 Å². The summed E-state index contributed by atoms with van der Waals surface area (Å²) in [5, 5.41) is 14.6. The minimum atomic E-state index is -0.281. The van der Waals surface area contributed by atoms with Crippen molar-refractivity contribution in [3.05, 3.63) is 28.3 Å². The molecule has 4 nitrogen and oxygen atoms in total. The lowest BCUT2D eigenvalue weighted by molar-refractivity contribution is -0.386. The summed E-state index contributed by atoms with van der Waals surface area (Å²) in [6.07, 6.45) is 6.14. The number of thioether (sulfide) groups is 1. The van der Waals surface area contributed by atoms with E-state index in [-0.39, 0.29) is 10.6 Å². The van der Waals surface area contributed by atoms with Gasteiger partial charge >= 0.3 is 5.69 Å². The second-order valence-electron chi connectivity index (χ2n) is 4.54. The van der Waals surface area contributed by atoms with E-state index in [1.807, 2.05) is 12.1 Å². The Morgan fingerprint density at radius 2 is 2.06 bits per heavy atom.